The van der Waals surface area contributed by atoms with Crippen LogP contribution in [0.1, 0.15) is 22.4 Å². The van der Waals surface area contributed by atoms with E-state index in [4.69, 9.17) is 0 Å². The zero-order valence-corrected chi connectivity index (χ0v) is 14.5. The zero-order valence-electron chi connectivity index (χ0n) is 14.5. The molecule has 3 aromatic rings. The molecular weight excluding hydrogens is 324 g/mol. The molecule has 1 aromatic heterocycles. The molecule has 2 aromatic carbocycles. The van der Waals surface area contributed by atoms with Gasteiger partial charge in [0.05, 0.1) is 0 Å². The van der Waals surface area contributed by atoms with Crippen molar-refractivity contribution in [2.24, 2.45) is 14.1 Å². The smallest absolute Gasteiger partial charge is 0.288 e. The van der Waals surface area contributed by atoms with Crippen LogP contribution in [-0.4, -0.2) is 9.13 Å². The SMILES string of the molecule is Cn1c(C#Cc2ccccc2)c(C#Cc2ccccc2)c(=O)n(C)c1=O. The van der Waals surface area contributed by atoms with Gasteiger partial charge in [0, 0.05) is 25.2 Å². The lowest BCUT2D eigenvalue weighted by molar-refractivity contribution is 0.675. The topological polar surface area (TPSA) is 44.0 Å². The van der Waals surface area contributed by atoms with Gasteiger partial charge in [-0.25, -0.2) is 4.79 Å². The average molecular weight is 340 g/mol. The molecule has 0 unspecified atom stereocenters. The van der Waals surface area contributed by atoms with Crippen molar-refractivity contribution in [3.05, 3.63) is 104 Å². The van der Waals surface area contributed by atoms with Crippen molar-refractivity contribution in [3.8, 4) is 23.7 Å². The van der Waals surface area contributed by atoms with Gasteiger partial charge in [0.2, 0.25) is 0 Å². The minimum Gasteiger partial charge on any atom is -0.288 e. The van der Waals surface area contributed by atoms with Gasteiger partial charge in [-0.2, -0.15) is 0 Å². The highest BCUT2D eigenvalue weighted by Crippen LogP contribution is 2.02. The predicted molar refractivity (Wildman–Crippen MR) is 102 cm³/mol. The van der Waals surface area contributed by atoms with Crippen LogP contribution in [0.5, 0.6) is 0 Å². The third-order valence-electron chi connectivity index (χ3n) is 3.87. The summed E-state index contributed by atoms with van der Waals surface area (Å²) in [6.45, 7) is 0. The molecule has 126 valence electrons. The summed E-state index contributed by atoms with van der Waals surface area (Å²) >= 11 is 0. The van der Waals surface area contributed by atoms with Crippen molar-refractivity contribution in [2.75, 3.05) is 0 Å². The highest BCUT2D eigenvalue weighted by molar-refractivity contribution is 5.51. The minimum absolute atomic E-state index is 0.210. The predicted octanol–water partition coefficient (Wildman–Crippen LogP) is 1.88. The second kappa shape index (κ2) is 7.42. The Labute approximate surface area is 151 Å². The Kier molecular flexibility index (Phi) is 4.87. The lowest BCUT2D eigenvalue weighted by Crippen LogP contribution is -2.40. The molecule has 0 radical (unpaired) electrons. The maximum atomic E-state index is 12.6. The molecule has 0 aliphatic rings. The van der Waals surface area contributed by atoms with Crippen molar-refractivity contribution < 1.29 is 0 Å². The summed E-state index contributed by atoms with van der Waals surface area (Å²) in [5.41, 5.74) is 1.21. The first-order valence-electron chi connectivity index (χ1n) is 8.02. The highest BCUT2D eigenvalue weighted by Gasteiger charge is 2.12. The van der Waals surface area contributed by atoms with E-state index in [9.17, 15) is 9.59 Å². The molecule has 4 nitrogen and oxygen atoms in total. The van der Waals surface area contributed by atoms with Gasteiger partial charge in [-0.15, -0.1) is 0 Å². The Balaban J connectivity index is 2.21. The van der Waals surface area contributed by atoms with Gasteiger partial charge in [0.25, 0.3) is 5.56 Å². The van der Waals surface area contributed by atoms with Crippen molar-refractivity contribution in [1.82, 2.24) is 9.13 Å². The normalized spacial score (nSPS) is 9.62. The number of nitrogens with zero attached hydrogens (tertiary/aromatic N) is 2. The summed E-state index contributed by atoms with van der Waals surface area (Å²) in [5.74, 6) is 11.8. The molecule has 0 spiro atoms. The summed E-state index contributed by atoms with van der Waals surface area (Å²) in [6.07, 6.45) is 0. The lowest BCUT2D eigenvalue weighted by Gasteiger charge is -2.07. The summed E-state index contributed by atoms with van der Waals surface area (Å²) < 4.78 is 2.40. The molecule has 0 atom stereocenters. The van der Waals surface area contributed by atoms with Crippen molar-refractivity contribution >= 4 is 0 Å². The van der Waals surface area contributed by atoms with Crippen LogP contribution in [0.15, 0.2) is 70.3 Å². The van der Waals surface area contributed by atoms with Gasteiger partial charge in [0.15, 0.2) is 0 Å². The summed E-state index contributed by atoms with van der Waals surface area (Å²) in [7, 11) is 3.03. The molecule has 0 bridgehead atoms. The monoisotopic (exact) mass is 340 g/mol. The average Bonchev–Trinajstić information content (AvgIpc) is 2.69. The number of rotatable bonds is 0. The van der Waals surface area contributed by atoms with E-state index in [2.05, 4.69) is 23.7 Å². The van der Waals surface area contributed by atoms with E-state index in [1.54, 1.807) is 7.05 Å². The van der Waals surface area contributed by atoms with Crippen molar-refractivity contribution in [2.45, 2.75) is 0 Å². The number of hydrogen-bond donors (Lipinski definition) is 0. The van der Waals surface area contributed by atoms with Gasteiger partial charge in [-0.1, -0.05) is 54.2 Å². The first kappa shape index (κ1) is 17.1. The number of benzene rings is 2. The molecule has 0 aliphatic heterocycles. The second-order valence-corrected chi connectivity index (χ2v) is 5.66. The van der Waals surface area contributed by atoms with E-state index in [0.29, 0.717) is 5.69 Å². The molecule has 26 heavy (non-hydrogen) atoms. The van der Waals surface area contributed by atoms with Gasteiger partial charge in [0.1, 0.15) is 11.3 Å². The van der Waals surface area contributed by atoms with Gasteiger partial charge in [-0.3, -0.25) is 13.9 Å². The largest absolute Gasteiger partial charge is 0.331 e. The van der Waals surface area contributed by atoms with E-state index in [1.807, 2.05) is 60.7 Å². The molecule has 3 rings (SSSR count). The fourth-order valence-electron chi connectivity index (χ4n) is 2.41. The quantitative estimate of drug-likeness (QED) is 0.587. The molecular formula is C22H16N2O2. The maximum absolute atomic E-state index is 12.6. The molecule has 0 amide bonds. The fraction of sp³-hybridized carbons (Fsp3) is 0.0909. The Bertz CT molecular complexity index is 1180. The minimum atomic E-state index is -0.450. The van der Waals surface area contributed by atoms with E-state index < -0.39 is 11.2 Å². The Morgan fingerprint density at radius 2 is 1.15 bits per heavy atom. The molecule has 4 heteroatoms. The fourth-order valence-corrected chi connectivity index (χ4v) is 2.41. The van der Waals surface area contributed by atoms with Crippen LogP contribution in [0.25, 0.3) is 0 Å². The van der Waals surface area contributed by atoms with E-state index in [1.165, 1.54) is 11.6 Å². The third kappa shape index (κ3) is 3.50. The third-order valence-corrected chi connectivity index (χ3v) is 3.87. The summed E-state index contributed by atoms with van der Waals surface area (Å²) in [6, 6.07) is 18.7. The van der Waals surface area contributed by atoms with Crippen molar-refractivity contribution in [3.63, 3.8) is 0 Å². The molecule has 1 heterocycles. The second-order valence-electron chi connectivity index (χ2n) is 5.66. The molecule has 0 aliphatic carbocycles. The van der Waals surface area contributed by atoms with Crippen molar-refractivity contribution in [1.29, 1.82) is 0 Å². The maximum Gasteiger partial charge on any atom is 0.331 e. The van der Waals surface area contributed by atoms with E-state index >= 15 is 0 Å². The summed E-state index contributed by atoms with van der Waals surface area (Å²) in [5, 5.41) is 0. The van der Waals surface area contributed by atoms with Crippen LogP contribution in [-0.2, 0) is 14.1 Å². The van der Waals surface area contributed by atoms with Crippen LogP contribution < -0.4 is 11.2 Å². The lowest BCUT2D eigenvalue weighted by atomic mass is 10.1. The first-order chi connectivity index (χ1) is 12.6. The van der Waals surface area contributed by atoms with E-state index in [-0.39, 0.29) is 5.56 Å². The molecule has 0 fully saturated rings. The van der Waals surface area contributed by atoms with Crippen LogP contribution >= 0.6 is 0 Å². The van der Waals surface area contributed by atoms with Crippen LogP contribution in [0.3, 0.4) is 0 Å². The summed E-state index contributed by atoms with van der Waals surface area (Å²) in [4.78, 5) is 24.8. The van der Waals surface area contributed by atoms with Crippen LogP contribution in [0, 0.1) is 23.7 Å². The molecule has 0 saturated heterocycles. The van der Waals surface area contributed by atoms with Gasteiger partial charge in [-0.05, 0) is 30.2 Å². The Hall–Kier alpha value is -3.76. The Morgan fingerprint density at radius 3 is 1.69 bits per heavy atom. The molecule has 0 N–H and O–H groups in total. The molecule has 0 saturated carbocycles. The number of aromatic nitrogens is 2. The zero-order chi connectivity index (χ0) is 18.5. The number of hydrogen-bond acceptors (Lipinski definition) is 2. The Morgan fingerprint density at radius 1 is 0.654 bits per heavy atom. The van der Waals surface area contributed by atoms with Gasteiger partial charge < -0.3 is 0 Å². The van der Waals surface area contributed by atoms with E-state index in [0.717, 1.165) is 15.7 Å². The van der Waals surface area contributed by atoms with Gasteiger partial charge >= 0.3 is 5.69 Å². The van der Waals surface area contributed by atoms with Crippen LogP contribution in [0.4, 0.5) is 0 Å². The standard InChI is InChI=1S/C22H16N2O2/c1-23-20(16-14-18-11-7-4-8-12-18)19(21(25)24(2)22(23)26)15-13-17-9-5-3-6-10-17/h3-12H,1-2H3. The highest BCUT2D eigenvalue weighted by atomic mass is 16.2. The first-order valence-corrected chi connectivity index (χ1v) is 8.02. The van der Waals surface area contributed by atoms with Crippen LogP contribution in [0.2, 0.25) is 0 Å².